The molecule has 2 rings (SSSR count). The smallest absolute Gasteiger partial charge is 0.338 e. The van der Waals surface area contributed by atoms with Crippen molar-refractivity contribution in [3.05, 3.63) is 53.6 Å². The molecule has 2 aromatic rings. The molecular weight excluding hydrogens is 350 g/mol. The van der Waals surface area contributed by atoms with Gasteiger partial charge in [0.15, 0.2) is 6.61 Å². The molecule has 144 valence electrons. The number of carbonyl (C=O) groups excluding carboxylic acids is 2. The summed E-state index contributed by atoms with van der Waals surface area (Å²) in [6.45, 7) is 1.44. The summed E-state index contributed by atoms with van der Waals surface area (Å²) in [5.74, 6) is 0.562. The zero-order valence-corrected chi connectivity index (χ0v) is 15.8. The van der Waals surface area contributed by atoms with Gasteiger partial charge in [-0.05, 0) is 36.8 Å². The molecule has 0 saturated carbocycles. The first-order valence-electron chi connectivity index (χ1n) is 8.30. The van der Waals surface area contributed by atoms with Crippen molar-refractivity contribution < 1.29 is 28.5 Å². The number of ether oxygens (including phenoxy) is 4. The Kier molecular flexibility index (Phi) is 7.05. The fraction of sp³-hybridized carbons (Fsp3) is 0.300. The van der Waals surface area contributed by atoms with Gasteiger partial charge in [-0.15, -0.1) is 0 Å². The van der Waals surface area contributed by atoms with Crippen molar-refractivity contribution in [2.24, 2.45) is 0 Å². The number of carbonyl (C=O) groups is 2. The number of hydrogen-bond donors (Lipinski definition) is 1. The first-order chi connectivity index (χ1) is 13.0. The van der Waals surface area contributed by atoms with Gasteiger partial charge in [0, 0.05) is 6.07 Å². The number of hydrogen-bond acceptors (Lipinski definition) is 6. The number of rotatable bonds is 8. The van der Waals surface area contributed by atoms with Gasteiger partial charge in [-0.1, -0.05) is 12.1 Å². The zero-order chi connectivity index (χ0) is 19.8. The Morgan fingerprint density at radius 2 is 1.56 bits per heavy atom. The predicted octanol–water partition coefficient (Wildman–Crippen LogP) is 2.75. The lowest BCUT2D eigenvalue weighted by Crippen LogP contribution is -2.31. The topological polar surface area (TPSA) is 83.1 Å². The van der Waals surface area contributed by atoms with Crippen LogP contribution in [0.25, 0.3) is 0 Å². The summed E-state index contributed by atoms with van der Waals surface area (Å²) in [4.78, 5) is 24.3. The van der Waals surface area contributed by atoms with E-state index in [1.54, 1.807) is 13.2 Å². The van der Waals surface area contributed by atoms with Gasteiger partial charge in [-0.2, -0.15) is 0 Å². The minimum Gasteiger partial charge on any atom is -0.497 e. The minimum absolute atomic E-state index is 0.236. The van der Waals surface area contributed by atoms with E-state index in [0.29, 0.717) is 17.2 Å². The number of esters is 1. The van der Waals surface area contributed by atoms with E-state index in [1.807, 2.05) is 31.2 Å². The van der Waals surface area contributed by atoms with Gasteiger partial charge in [-0.25, -0.2) is 4.79 Å². The van der Waals surface area contributed by atoms with Crippen molar-refractivity contribution in [1.29, 1.82) is 0 Å². The number of nitrogens with one attached hydrogen (secondary N) is 1. The maximum absolute atomic E-state index is 12.2. The Morgan fingerprint density at radius 1 is 0.926 bits per heavy atom. The second kappa shape index (κ2) is 9.47. The molecule has 0 spiro atoms. The van der Waals surface area contributed by atoms with Crippen LogP contribution in [0.2, 0.25) is 0 Å². The summed E-state index contributed by atoms with van der Waals surface area (Å²) in [5.41, 5.74) is 1.12. The van der Waals surface area contributed by atoms with Crippen molar-refractivity contribution in [1.82, 2.24) is 5.32 Å². The summed E-state index contributed by atoms with van der Waals surface area (Å²) >= 11 is 0. The quantitative estimate of drug-likeness (QED) is 0.717. The highest BCUT2D eigenvalue weighted by molar-refractivity contribution is 5.92. The van der Waals surface area contributed by atoms with Crippen molar-refractivity contribution in [3.63, 3.8) is 0 Å². The Hall–Kier alpha value is -3.22. The van der Waals surface area contributed by atoms with E-state index in [2.05, 4.69) is 5.32 Å². The number of methoxy groups -OCH3 is 3. The molecule has 7 nitrogen and oxygen atoms in total. The van der Waals surface area contributed by atoms with E-state index in [9.17, 15) is 9.59 Å². The fourth-order valence-electron chi connectivity index (χ4n) is 2.42. The molecule has 0 aliphatic carbocycles. The maximum Gasteiger partial charge on any atom is 0.338 e. The van der Waals surface area contributed by atoms with E-state index in [1.165, 1.54) is 26.4 Å². The molecule has 0 aliphatic heterocycles. The molecule has 1 N–H and O–H groups in total. The van der Waals surface area contributed by atoms with Crippen molar-refractivity contribution in [2.75, 3.05) is 27.9 Å². The average Bonchev–Trinajstić information content (AvgIpc) is 2.71. The van der Waals surface area contributed by atoms with Crippen LogP contribution in [-0.2, 0) is 9.53 Å². The van der Waals surface area contributed by atoms with Crippen LogP contribution in [0.3, 0.4) is 0 Å². The summed E-state index contributed by atoms with van der Waals surface area (Å²) in [7, 11) is 4.55. The third kappa shape index (κ3) is 5.64. The Morgan fingerprint density at radius 3 is 2.15 bits per heavy atom. The molecular formula is C20H23NO6. The lowest BCUT2D eigenvalue weighted by molar-refractivity contribution is -0.124. The normalized spacial score (nSPS) is 11.3. The van der Waals surface area contributed by atoms with E-state index in [4.69, 9.17) is 18.9 Å². The van der Waals surface area contributed by atoms with Gasteiger partial charge in [0.05, 0.1) is 32.9 Å². The van der Waals surface area contributed by atoms with E-state index >= 15 is 0 Å². The van der Waals surface area contributed by atoms with Crippen LogP contribution in [0.4, 0.5) is 0 Å². The average molecular weight is 373 g/mol. The highest BCUT2D eigenvalue weighted by Gasteiger charge is 2.15. The predicted molar refractivity (Wildman–Crippen MR) is 99.4 cm³/mol. The Balaban J connectivity index is 1.93. The second-order valence-electron chi connectivity index (χ2n) is 5.74. The van der Waals surface area contributed by atoms with Gasteiger partial charge in [0.2, 0.25) is 0 Å². The maximum atomic E-state index is 12.2. The summed E-state index contributed by atoms with van der Waals surface area (Å²) in [5, 5.41) is 2.78. The van der Waals surface area contributed by atoms with Crippen molar-refractivity contribution in [2.45, 2.75) is 13.0 Å². The van der Waals surface area contributed by atoms with Gasteiger partial charge >= 0.3 is 5.97 Å². The second-order valence-corrected chi connectivity index (χ2v) is 5.74. The van der Waals surface area contributed by atoms with Crippen LogP contribution < -0.4 is 19.5 Å². The van der Waals surface area contributed by atoms with Gasteiger partial charge in [-0.3, -0.25) is 4.79 Å². The van der Waals surface area contributed by atoms with Crippen molar-refractivity contribution >= 4 is 11.9 Å². The van der Waals surface area contributed by atoms with Crippen LogP contribution in [0.15, 0.2) is 42.5 Å². The van der Waals surface area contributed by atoms with E-state index in [-0.39, 0.29) is 11.6 Å². The van der Waals surface area contributed by atoms with E-state index < -0.39 is 18.5 Å². The lowest BCUT2D eigenvalue weighted by Gasteiger charge is -2.15. The molecule has 0 saturated heterocycles. The van der Waals surface area contributed by atoms with Crippen LogP contribution in [0.1, 0.15) is 28.9 Å². The summed E-state index contributed by atoms with van der Waals surface area (Å²) < 4.78 is 20.5. The third-order valence-electron chi connectivity index (χ3n) is 3.89. The third-order valence-corrected chi connectivity index (χ3v) is 3.89. The SMILES string of the molecule is COc1cc(OC)cc(C(=O)OCC(=O)NC(C)c2cccc(OC)c2)c1. The van der Waals surface area contributed by atoms with Gasteiger partial charge in [0.25, 0.3) is 5.91 Å². The number of amides is 1. The molecule has 1 unspecified atom stereocenters. The molecule has 7 heteroatoms. The van der Waals surface area contributed by atoms with Crippen LogP contribution >= 0.6 is 0 Å². The van der Waals surface area contributed by atoms with Gasteiger partial charge in [0.1, 0.15) is 17.2 Å². The highest BCUT2D eigenvalue weighted by atomic mass is 16.5. The monoisotopic (exact) mass is 373 g/mol. The standard InChI is InChI=1S/C20H23NO6/c1-13(14-6-5-7-16(8-14)24-2)21-19(22)12-27-20(23)15-9-17(25-3)11-18(10-15)26-4/h5-11,13H,12H2,1-4H3,(H,21,22). The van der Waals surface area contributed by atoms with E-state index in [0.717, 1.165) is 5.56 Å². The Bertz CT molecular complexity index is 783. The molecule has 2 aromatic carbocycles. The molecule has 27 heavy (non-hydrogen) atoms. The highest BCUT2D eigenvalue weighted by Crippen LogP contribution is 2.23. The molecule has 0 fully saturated rings. The first kappa shape index (κ1) is 20.1. The summed E-state index contributed by atoms with van der Waals surface area (Å²) in [6.07, 6.45) is 0. The molecule has 1 atom stereocenters. The molecule has 0 aromatic heterocycles. The number of benzene rings is 2. The van der Waals surface area contributed by atoms with Crippen LogP contribution in [-0.4, -0.2) is 39.8 Å². The Labute approximate surface area is 158 Å². The molecule has 0 heterocycles. The molecule has 0 bridgehead atoms. The summed E-state index contributed by atoms with van der Waals surface area (Å²) in [6, 6.07) is 11.8. The first-order valence-corrected chi connectivity index (χ1v) is 8.30. The zero-order valence-electron chi connectivity index (χ0n) is 15.8. The minimum atomic E-state index is -0.642. The largest absolute Gasteiger partial charge is 0.497 e. The van der Waals surface area contributed by atoms with Crippen LogP contribution in [0.5, 0.6) is 17.2 Å². The molecule has 0 aliphatic rings. The van der Waals surface area contributed by atoms with Crippen molar-refractivity contribution in [3.8, 4) is 17.2 Å². The molecule has 1 amide bonds. The molecule has 0 radical (unpaired) electrons. The fourth-order valence-corrected chi connectivity index (χ4v) is 2.42. The van der Waals surface area contributed by atoms with Gasteiger partial charge < -0.3 is 24.3 Å². The van der Waals surface area contributed by atoms with Crippen LogP contribution in [0, 0.1) is 0 Å². The lowest BCUT2D eigenvalue weighted by atomic mass is 10.1.